The third-order valence-electron chi connectivity index (χ3n) is 3.44. The molecule has 0 amide bonds. The number of hydrogen-bond donors (Lipinski definition) is 0. The van der Waals surface area contributed by atoms with E-state index in [2.05, 4.69) is 0 Å². The topological polar surface area (TPSA) is 52.6 Å². The first-order valence-electron chi connectivity index (χ1n) is 6.75. The lowest BCUT2D eigenvalue weighted by Crippen LogP contribution is -2.33. The first-order valence-corrected chi connectivity index (χ1v) is 6.75. The van der Waals surface area contributed by atoms with Gasteiger partial charge in [0, 0.05) is 0 Å². The van der Waals surface area contributed by atoms with Crippen LogP contribution in [0.4, 0.5) is 0 Å². The van der Waals surface area contributed by atoms with Gasteiger partial charge in [0.25, 0.3) is 0 Å². The summed E-state index contributed by atoms with van der Waals surface area (Å²) in [5.74, 6) is -0.230. The highest BCUT2D eigenvalue weighted by molar-refractivity contribution is 6.04. The Morgan fingerprint density at radius 2 is 1.10 bits per heavy atom. The molecule has 21 heavy (non-hydrogen) atoms. The fourth-order valence-corrected chi connectivity index (χ4v) is 2.00. The average molecular weight is 282 g/mol. The molecule has 0 atom stereocenters. The maximum Gasteiger partial charge on any atom is 0.328 e. The average Bonchev–Trinajstić information content (AvgIpc) is 3.31. The minimum atomic E-state index is -1.15. The van der Waals surface area contributed by atoms with E-state index in [4.69, 9.17) is 9.47 Å². The molecule has 106 valence electrons. The Bertz CT molecular complexity index is 590. The molecular weight excluding hydrogens is 268 g/mol. The van der Waals surface area contributed by atoms with Crippen molar-refractivity contribution < 1.29 is 19.1 Å². The molecule has 0 aliphatic heterocycles. The van der Waals surface area contributed by atoms with Crippen molar-refractivity contribution in [1.29, 1.82) is 0 Å². The summed E-state index contributed by atoms with van der Waals surface area (Å²) in [6, 6.07) is 17.4. The smallest absolute Gasteiger partial charge is 0.328 e. The van der Waals surface area contributed by atoms with Crippen molar-refractivity contribution in [3.63, 3.8) is 0 Å². The Hall–Kier alpha value is -2.62. The summed E-state index contributed by atoms with van der Waals surface area (Å²) in [7, 11) is 0. The van der Waals surface area contributed by atoms with E-state index in [9.17, 15) is 9.59 Å². The molecule has 0 aromatic heterocycles. The Kier molecular flexibility index (Phi) is 3.44. The molecule has 0 bridgehead atoms. The Morgan fingerprint density at radius 1 is 0.714 bits per heavy atom. The lowest BCUT2D eigenvalue weighted by molar-refractivity contribution is -0.153. The molecule has 1 aliphatic rings. The minimum Gasteiger partial charge on any atom is -0.426 e. The number of carbonyl (C=O) groups excluding carboxylic acids is 2. The van der Waals surface area contributed by atoms with E-state index in [1.54, 1.807) is 48.5 Å². The van der Waals surface area contributed by atoms with Gasteiger partial charge in [-0.05, 0) is 37.1 Å². The highest BCUT2D eigenvalue weighted by atomic mass is 16.6. The zero-order chi connectivity index (χ0) is 14.7. The Labute approximate surface area is 122 Å². The summed E-state index contributed by atoms with van der Waals surface area (Å²) in [5, 5.41) is 0. The molecule has 0 unspecified atom stereocenters. The Morgan fingerprint density at radius 3 is 1.43 bits per heavy atom. The molecule has 4 nitrogen and oxygen atoms in total. The van der Waals surface area contributed by atoms with Crippen molar-refractivity contribution in [3.05, 3.63) is 60.7 Å². The van der Waals surface area contributed by atoms with E-state index < -0.39 is 17.4 Å². The molecule has 0 radical (unpaired) electrons. The molecule has 4 heteroatoms. The number of esters is 2. The van der Waals surface area contributed by atoms with Gasteiger partial charge in [0.15, 0.2) is 5.41 Å². The summed E-state index contributed by atoms with van der Waals surface area (Å²) in [5.41, 5.74) is -1.15. The quantitative estimate of drug-likeness (QED) is 0.491. The molecule has 0 heterocycles. The van der Waals surface area contributed by atoms with Crippen LogP contribution in [0.3, 0.4) is 0 Å². The molecule has 0 saturated heterocycles. The van der Waals surface area contributed by atoms with Gasteiger partial charge in [0.05, 0.1) is 0 Å². The van der Waals surface area contributed by atoms with E-state index in [0.29, 0.717) is 24.3 Å². The van der Waals surface area contributed by atoms with Crippen LogP contribution in [0.1, 0.15) is 12.8 Å². The first kappa shape index (κ1) is 13.4. The van der Waals surface area contributed by atoms with E-state index in [0.717, 1.165) is 0 Å². The second-order valence-electron chi connectivity index (χ2n) is 4.99. The number of benzene rings is 2. The summed E-state index contributed by atoms with van der Waals surface area (Å²) in [4.78, 5) is 24.4. The zero-order valence-electron chi connectivity index (χ0n) is 11.3. The van der Waals surface area contributed by atoms with Crippen LogP contribution in [-0.4, -0.2) is 11.9 Å². The van der Waals surface area contributed by atoms with Crippen LogP contribution in [0.25, 0.3) is 0 Å². The van der Waals surface area contributed by atoms with Crippen molar-refractivity contribution in [3.8, 4) is 11.5 Å². The number of hydrogen-bond acceptors (Lipinski definition) is 4. The van der Waals surface area contributed by atoms with Crippen molar-refractivity contribution in [2.24, 2.45) is 5.41 Å². The van der Waals surface area contributed by atoms with Gasteiger partial charge in [-0.1, -0.05) is 36.4 Å². The second kappa shape index (κ2) is 5.40. The van der Waals surface area contributed by atoms with Gasteiger partial charge in [-0.3, -0.25) is 9.59 Å². The van der Waals surface area contributed by atoms with Gasteiger partial charge in [-0.15, -0.1) is 0 Å². The minimum absolute atomic E-state index is 0.432. The Balaban J connectivity index is 1.69. The maximum absolute atomic E-state index is 12.2. The van der Waals surface area contributed by atoms with Crippen molar-refractivity contribution in [1.82, 2.24) is 0 Å². The van der Waals surface area contributed by atoms with Crippen molar-refractivity contribution >= 4 is 11.9 Å². The standard InChI is InChI=1S/C17H14O4/c18-15(20-13-7-3-1-4-8-13)17(11-12-17)16(19)21-14-9-5-2-6-10-14/h1-10H,11-12H2. The van der Waals surface area contributed by atoms with E-state index in [1.165, 1.54) is 0 Å². The number of para-hydroxylation sites is 2. The molecule has 1 aliphatic carbocycles. The molecular formula is C17H14O4. The van der Waals surface area contributed by atoms with Crippen LogP contribution in [-0.2, 0) is 9.59 Å². The van der Waals surface area contributed by atoms with Gasteiger partial charge in [0.1, 0.15) is 11.5 Å². The normalized spacial score (nSPS) is 15.0. The number of rotatable bonds is 4. The fourth-order valence-electron chi connectivity index (χ4n) is 2.00. The lowest BCUT2D eigenvalue weighted by atomic mass is 10.1. The molecule has 0 N–H and O–H groups in total. The number of carbonyl (C=O) groups is 2. The number of ether oxygens (including phenoxy) is 2. The van der Waals surface area contributed by atoms with Crippen LogP contribution < -0.4 is 9.47 Å². The maximum atomic E-state index is 12.2. The summed E-state index contributed by atoms with van der Waals surface area (Å²) >= 11 is 0. The van der Waals surface area contributed by atoms with Gasteiger partial charge in [0.2, 0.25) is 0 Å². The van der Waals surface area contributed by atoms with E-state index in [1.807, 2.05) is 12.1 Å². The zero-order valence-corrected chi connectivity index (χ0v) is 11.3. The predicted octanol–water partition coefficient (Wildman–Crippen LogP) is 2.98. The van der Waals surface area contributed by atoms with Crippen LogP contribution in [0.15, 0.2) is 60.7 Å². The van der Waals surface area contributed by atoms with Crippen LogP contribution in [0.5, 0.6) is 11.5 Å². The molecule has 2 aromatic carbocycles. The monoisotopic (exact) mass is 282 g/mol. The van der Waals surface area contributed by atoms with Crippen LogP contribution in [0, 0.1) is 5.41 Å². The third kappa shape index (κ3) is 2.79. The van der Waals surface area contributed by atoms with E-state index in [-0.39, 0.29) is 0 Å². The summed E-state index contributed by atoms with van der Waals surface area (Å²) in [6.45, 7) is 0. The molecule has 2 aromatic rings. The SMILES string of the molecule is O=C(Oc1ccccc1)C1(C(=O)Oc2ccccc2)CC1. The van der Waals surface area contributed by atoms with Gasteiger partial charge >= 0.3 is 11.9 Å². The molecule has 0 spiro atoms. The second-order valence-corrected chi connectivity index (χ2v) is 4.99. The van der Waals surface area contributed by atoms with E-state index >= 15 is 0 Å². The summed E-state index contributed by atoms with van der Waals surface area (Å²) < 4.78 is 10.5. The van der Waals surface area contributed by atoms with Crippen LogP contribution in [0.2, 0.25) is 0 Å². The predicted molar refractivity (Wildman–Crippen MR) is 75.8 cm³/mol. The van der Waals surface area contributed by atoms with Crippen LogP contribution >= 0.6 is 0 Å². The first-order chi connectivity index (χ1) is 10.2. The molecule has 3 rings (SSSR count). The van der Waals surface area contributed by atoms with Crippen molar-refractivity contribution in [2.45, 2.75) is 12.8 Å². The highest BCUT2D eigenvalue weighted by Gasteiger charge is 2.60. The summed E-state index contributed by atoms with van der Waals surface area (Å²) in [6.07, 6.45) is 0.925. The van der Waals surface area contributed by atoms with Gasteiger partial charge in [-0.25, -0.2) is 0 Å². The van der Waals surface area contributed by atoms with Crippen molar-refractivity contribution in [2.75, 3.05) is 0 Å². The van der Waals surface area contributed by atoms with Gasteiger partial charge < -0.3 is 9.47 Å². The largest absolute Gasteiger partial charge is 0.426 e. The molecule has 1 saturated carbocycles. The lowest BCUT2D eigenvalue weighted by Gasteiger charge is -2.13. The third-order valence-corrected chi connectivity index (χ3v) is 3.44. The highest BCUT2D eigenvalue weighted by Crippen LogP contribution is 2.48. The molecule has 1 fully saturated rings. The van der Waals surface area contributed by atoms with Gasteiger partial charge in [-0.2, -0.15) is 0 Å². The fraction of sp³-hybridized carbons (Fsp3) is 0.176.